The van der Waals surface area contributed by atoms with Crippen LogP contribution < -0.4 is 0 Å². The molecule has 3 nitrogen and oxygen atoms in total. The molecule has 1 saturated heterocycles. The van der Waals surface area contributed by atoms with Crippen LogP contribution in [-0.4, -0.2) is 37.1 Å². The van der Waals surface area contributed by atoms with Crippen LogP contribution in [0, 0.1) is 12.8 Å². The summed E-state index contributed by atoms with van der Waals surface area (Å²) in [6, 6.07) is 6.51. The summed E-state index contributed by atoms with van der Waals surface area (Å²) in [6.07, 6.45) is 5.41. The molecule has 0 aromatic carbocycles. The van der Waals surface area contributed by atoms with Crippen LogP contribution in [0.2, 0.25) is 0 Å². The van der Waals surface area contributed by atoms with E-state index in [1.54, 1.807) is 11.3 Å². The van der Waals surface area contributed by atoms with E-state index in [9.17, 15) is 4.79 Å². The highest BCUT2D eigenvalue weighted by Crippen LogP contribution is 2.33. The molecular formula is C21H28ClNO2S2. The fraction of sp³-hybridized carbons (Fsp3) is 0.476. The predicted octanol–water partition coefficient (Wildman–Crippen LogP) is 5.64. The minimum Gasteiger partial charge on any atom is -0.466 e. The van der Waals surface area contributed by atoms with Gasteiger partial charge in [-0.15, -0.1) is 35.1 Å². The van der Waals surface area contributed by atoms with Crippen molar-refractivity contribution < 1.29 is 9.53 Å². The number of carbonyl (C=O) groups excluding carboxylic acids is 1. The topological polar surface area (TPSA) is 29.5 Å². The largest absolute Gasteiger partial charge is 0.466 e. The average molecular weight is 426 g/mol. The van der Waals surface area contributed by atoms with Gasteiger partial charge in [-0.25, -0.2) is 0 Å². The second-order valence-corrected chi connectivity index (χ2v) is 8.57. The third-order valence-corrected chi connectivity index (χ3v) is 6.77. The number of carbonyl (C=O) groups is 1. The number of thiophene rings is 2. The van der Waals surface area contributed by atoms with Crippen LogP contribution in [0.25, 0.3) is 5.57 Å². The molecule has 0 bridgehead atoms. The van der Waals surface area contributed by atoms with Gasteiger partial charge in [0.1, 0.15) is 0 Å². The number of piperidine rings is 1. The van der Waals surface area contributed by atoms with E-state index < -0.39 is 0 Å². The molecule has 0 N–H and O–H groups in total. The Morgan fingerprint density at radius 2 is 2.19 bits per heavy atom. The summed E-state index contributed by atoms with van der Waals surface area (Å²) in [5.74, 6) is 0.0187. The lowest BCUT2D eigenvalue weighted by atomic mass is 9.98. The average Bonchev–Trinajstić information content (AvgIpc) is 3.31. The van der Waals surface area contributed by atoms with Crippen molar-refractivity contribution in [2.45, 2.75) is 33.1 Å². The summed E-state index contributed by atoms with van der Waals surface area (Å²) in [4.78, 5) is 17.1. The lowest BCUT2D eigenvalue weighted by molar-refractivity contribution is -0.149. The minimum absolute atomic E-state index is 0. The number of rotatable bonds is 7. The van der Waals surface area contributed by atoms with Gasteiger partial charge in [-0.1, -0.05) is 12.1 Å². The fourth-order valence-corrected chi connectivity index (χ4v) is 5.31. The molecule has 3 heterocycles. The van der Waals surface area contributed by atoms with Crippen LogP contribution in [0.15, 0.2) is 35.0 Å². The van der Waals surface area contributed by atoms with Gasteiger partial charge in [-0.2, -0.15) is 0 Å². The Kier molecular flexibility index (Phi) is 9.03. The Hall–Kier alpha value is -1.14. The van der Waals surface area contributed by atoms with Gasteiger partial charge in [0.15, 0.2) is 0 Å². The van der Waals surface area contributed by atoms with Crippen LogP contribution in [0.5, 0.6) is 0 Å². The summed E-state index contributed by atoms with van der Waals surface area (Å²) >= 11 is 3.61. The number of aryl methyl sites for hydroxylation is 1. The molecule has 1 atom stereocenters. The molecule has 1 aliphatic heterocycles. The summed E-state index contributed by atoms with van der Waals surface area (Å²) < 4.78 is 5.21. The zero-order valence-electron chi connectivity index (χ0n) is 16.0. The van der Waals surface area contributed by atoms with Gasteiger partial charge in [-0.3, -0.25) is 4.79 Å². The quantitative estimate of drug-likeness (QED) is 0.538. The lowest BCUT2D eigenvalue weighted by Gasteiger charge is -2.31. The van der Waals surface area contributed by atoms with E-state index in [0.29, 0.717) is 6.61 Å². The zero-order chi connectivity index (χ0) is 18.4. The van der Waals surface area contributed by atoms with E-state index in [-0.39, 0.29) is 24.3 Å². The highest BCUT2D eigenvalue weighted by molar-refractivity contribution is 7.13. The third kappa shape index (κ3) is 5.92. The molecule has 27 heavy (non-hydrogen) atoms. The molecule has 0 spiro atoms. The fourth-order valence-electron chi connectivity index (χ4n) is 3.49. The van der Waals surface area contributed by atoms with Crippen molar-refractivity contribution in [3.05, 3.63) is 50.4 Å². The van der Waals surface area contributed by atoms with Gasteiger partial charge >= 0.3 is 5.97 Å². The second kappa shape index (κ2) is 11.0. The van der Waals surface area contributed by atoms with Gasteiger partial charge in [0.25, 0.3) is 0 Å². The Morgan fingerprint density at radius 3 is 2.85 bits per heavy atom. The van der Waals surface area contributed by atoms with Crippen LogP contribution in [0.3, 0.4) is 0 Å². The molecule has 0 radical (unpaired) electrons. The first-order chi connectivity index (χ1) is 12.7. The first-order valence-corrected chi connectivity index (χ1v) is 11.1. The van der Waals surface area contributed by atoms with Crippen LogP contribution in [0.4, 0.5) is 0 Å². The van der Waals surface area contributed by atoms with Crippen molar-refractivity contribution >= 4 is 46.6 Å². The van der Waals surface area contributed by atoms with Crippen molar-refractivity contribution in [2.75, 3.05) is 26.2 Å². The molecular weight excluding hydrogens is 398 g/mol. The number of ether oxygens (including phenoxy) is 1. The van der Waals surface area contributed by atoms with Gasteiger partial charge < -0.3 is 9.64 Å². The molecule has 0 amide bonds. The molecule has 0 saturated carbocycles. The standard InChI is InChI=1S/C21H27NO2S2.ClH/c1-3-24-21(23)17-7-4-11-22(15-17)12-5-8-18(19-9-6-13-25-19)20-16(2)10-14-26-20;/h6,8-10,13-14,17H,3-5,7,11-12,15H2,1-2H3;1H/t17-;/m1./s1. The third-order valence-electron chi connectivity index (χ3n) is 4.81. The van der Waals surface area contributed by atoms with Gasteiger partial charge in [0.2, 0.25) is 0 Å². The van der Waals surface area contributed by atoms with E-state index in [1.165, 1.54) is 20.9 Å². The number of hydrogen-bond donors (Lipinski definition) is 0. The predicted molar refractivity (Wildman–Crippen MR) is 118 cm³/mol. The molecule has 2 aromatic rings. The Bertz CT molecular complexity index is 739. The maximum Gasteiger partial charge on any atom is 0.310 e. The summed E-state index contributed by atoms with van der Waals surface area (Å²) in [5.41, 5.74) is 2.70. The highest BCUT2D eigenvalue weighted by atomic mass is 35.5. The van der Waals surface area contributed by atoms with Crippen molar-refractivity contribution in [3.63, 3.8) is 0 Å². The van der Waals surface area contributed by atoms with E-state index in [4.69, 9.17) is 4.74 Å². The van der Waals surface area contributed by atoms with Crippen molar-refractivity contribution in [2.24, 2.45) is 5.92 Å². The van der Waals surface area contributed by atoms with E-state index in [0.717, 1.165) is 38.9 Å². The summed E-state index contributed by atoms with van der Waals surface area (Å²) in [5, 5.41) is 4.31. The SMILES string of the molecule is CCOC(=O)[C@@H]1CCCN(CCC=C(c2cccs2)c2sccc2C)C1.Cl. The van der Waals surface area contributed by atoms with Crippen molar-refractivity contribution in [1.82, 2.24) is 4.90 Å². The maximum absolute atomic E-state index is 12.0. The van der Waals surface area contributed by atoms with Crippen LogP contribution >= 0.6 is 35.1 Å². The number of nitrogens with zero attached hydrogens (tertiary/aromatic N) is 1. The number of hydrogen-bond acceptors (Lipinski definition) is 5. The molecule has 0 aliphatic carbocycles. The molecule has 2 aromatic heterocycles. The minimum atomic E-state index is -0.0266. The van der Waals surface area contributed by atoms with Crippen LogP contribution in [-0.2, 0) is 9.53 Å². The Balaban J connectivity index is 0.00000261. The van der Waals surface area contributed by atoms with E-state index in [2.05, 4.69) is 46.9 Å². The first kappa shape index (κ1) is 22.2. The molecule has 0 unspecified atom stereocenters. The number of esters is 1. The second-order valence-electron chi connectivity index (χ2n) is 6.71. The smallest absolute Gasteiger partial charge is 0.310 e. The first-order valence-electron chi connectivity index (χ1n) is 9.36. The van der Waals surface area contributed by atoms with Crippen LogP contribution in [0.1, 0.15) is 41.5 Å². The lowest BCUT2D eigenvalue weighted by Crippen LogP contribution is -2.39. The Labute approximate surface area is 176 Å². The number of halogens is 1. The Morgan fingerprint density at radius 1 is 1.33 bits per heavy atom. The van der Waals surface area contributed by atoms with Gasteiger partial charge in [0.05, 0.1) is 12.5 Å². The molecule has 148 valence electrons. The summed E-state index contributed by atoms with van der Waals surface area (Å²) in [6.45, 7) is 7.44. The van der Waals surface area contributed by atoms with Gasteiger partial charge in [-0.05, 0) is 68.1 Å². The monoisotopic (exact) mass is 425 g/mol. The zero-order valence-corrected chi connectivity index (χ0v) is 18.4. The molecule has 1 aliphatic rings. The normalized spacial score (nSPS) is 18.1. The summed E-state index contributed by atoms with van der Waals surface area (Å²) in [7, 11) is 0. The van der Waals surface area contributed by atoms with Crippen molar-refractivity contribution in [3.8, 4) is 0 Å². The van der Waals surface area contributed by atoms with E-state index >= 15 is 0 Å². The molecule has 3 rings (SSSR count). The highest BCUT2D eigenvalue weighted by Gasteiger charge is 2.26. The molecule has 6 heteroatoms. The van der Waals surface area contributed by atoms with Gasteiger partial charge in [0, 0.05) is 28.4 Å². The van der Waals surface area contributed by atoms with Crippen molar-refractivity contribution in [1.29, 1.82) is 0 Å². The number of likely N-dealkylation sites (tertiary alicyclic amines) is 1. The maximum atomic E-state index is 12.0. The van der Waals surface area contributed by atoms with E-state index in [1.807, 2.05) is 18.3 Å². The molecule has 1 fully saturated rings.